The highest BCUT2D eigenvalue weighted by molar-refractivity contribution is 6.16. The number of nitrogens with one attached hydrogen (secondary N) is 1. The van der Waals surface area contributed by atoms with Gasteiger partial charge in [0, 0.05) is 29.6 Å². The van der Waals surface area contributed by atoms with Gasteiger partial charge in [-0.15, -0.1) is 0 Å². The monoisotopic (exact) mass is 543 g/mol. The third kappa shape index (κ3) is 2.87. The Labute approximate surface area is 236 Å². The van der Waals surface area contributed by atoms with E-state index < -0.39 is 34.7 Å². The lowest BCUT2D eigenvalue weighted by Crippen LogP contribution is -2.55. The number of amides is 1. The maximum Gasteiger partial charge on any atom is 0.265 e. The molecule has 6 nitrogen and oxygen atoms in total. The number of allylic oxidation sites excluding steroid dienone is 4. The molecular formula is C34H41NO5. The highest BCUT2D eigenvalue weighted by atomic mass is 16.6. The number of hydrogen-bond acceptors (Lipinski definition) is 5. The number of ether oxygens (including phenoxy) is 2. The molecule has 0 radical (unpaired) electrons. The zero-order chi connectivity index (χ0) is 28.1. The molecule has 4 aliphatic carbocycles. The first-order chi connectivity index (χ1) is 18.9. The summed E-state index contributed by atoms with van der Waals surface area (Å²) in [4.78, 5) is 28.8. The van der Waals surface area contributed by atoms with Crippen molar-refractivity contribution in [2.75, 3.05) is 0 Å². The number of carbonyl (C=O) groups is 2. The maximum atomic E-state index is 15.1. The number of aliphatic hydroxyl groups is 1. The summed E-state index contributed by atoms with van der Waals surface area (Å²) >= 11 is 0. The molecular weight excluding hydrogens is 502 g/mol. The largest absolute Gasteiger partial charge is 0.490 e. The van der Waals surface area contributed by atoms with Crippen LogP contribution in [0.2, 0.25) is 0 Å². The molecule has 4 aliphatic heterocycles. The van der Waals surface area contributed by atoms with E-state index in [9.17, 15) is 9.90 Å². The van der Waals surface area contributed by atoms with Gasteiger partial charge in [-0.2, -0.15) is 0 Å². The van der Waals surface area contributed by atoms with Crippen LogP contribution in [-0.4, -0.2) is 40.3 Å². The number of epoxide rings is 1. The van der Waals surface area contributed by atoms with Crippen molar-refractivity contribution in [3.8, 4) is 5.75 Å². The van der Waals surface area contributed by atoms with Crippen LogP contribution in [0.15, 0.2) is 47.1 Å². The van der Waals surface area contributed by atoms with Gasteiger partial charge in [0.2, 0.25) is 5.60 Å². The highest BCUT2D eigenvalue weighted by Crippen LogP contribution is 2.69. The Balaban J connectivity index is 1.39. The Morgan fingerprint density at radius 3 is 2.45 bits per heavy atom. The fourth-order valence-corrected chi connectivity index (χ4v) is 11.2. The lowest BCUT2D eigenvalue weighted by molar-refractivity contribution is -0.145. The fraction of sp³-hybridized carbons (Fsp3) is 0.647. The molecule has 1 amide bonds. The van der Waals surface area contributed by atoms with Crippen LogP contribution in [-0.2, 0) is 20.7 Å². The number of ketones is 1. The number of rotatable bonds is 0. The van der Waals surface area contributed by atoms with Crippen LogP contribution in [0.3, 0.4) is 0 Å². The van der Waals surface area contributed by atoms with E-state index in [4.69, 9.17) is 9.47 Å². The Kier molecular flexibility index (Phi) is 4.86. The molecule has 9 rings (SSSR count). The zero-order valence-electron chi connectivity index (χ0n) is 24.4. The minimum Gasteiger partial charge on any atom is -0.490 e. The molecule has 0 aromatic heterocycles. The average Bonchev–Trinajstić information content (AvgIpc) is 3.45. The quantitative estimate of drug-likeness (QED) is 0.284. The van der Waals surface area contributed by atoms with Gasteiger partial charge in [-0.1, -0.05) is 62.6 Å². The number of carbonyl (C=O) groups excluding carboxylic acids is 2. The fourth-order valence-electron chi connectivity index (χ4n) is 11.2. The standard InChI is InChI=1S/C34H41NO5/c1-15-11-16(2)23-22(12-15)24-19(5)26-18(4)17(3)13-32(26,6)27-25(24)28(23)39-21-9-7-20(8-10-21)14-33(38)30-34(40-30,29(27)36)31(37)35-33/h7-10,13,15-16,18,22-25,27-28,30,38H,11-12,14H2,1-6H3,(H,35,37). The summed E-state index contributed by atoms with van der Waals surface area (Å²) < 4.78 is 13.1. The molecule has 4 bridgehead atoms. The predicted octanol–water partition coefficient (Wildman–Crippen LogP) is 4.61. The number of fused-ring (bicyclic) bond motifs is 5. The minimum atomic E-state index is -1.64. The van der Waals surface area contributed by atoms with Crippen LogP contribution in [0.25, 0.3) is 0 Å². The van der Waals surface area contributed by atoms with Gasteiger partial charge in [0.05, 0.1) is 0 Å². The van der Waals surface area contributed by atoms with Gasteiger partial charge in [-0.05, 0) is 74.0 Å². The van der Waals surface area contributed by atoms with E-state index in [0.717, 1.165) is 24.2 Å². The number of benzene rings is 1. The lowest BCUT2D eigenvalue weighted by Gasteiger charge is -2.49. The Hall–Kier alpha value is -2.44. The van der Waals surface area contributed by atoms with Crippen molar-refractivity contribution in [2.24, 2.45) is 52.8 Å². The van der Waals surface area contributed by atoms with Crippen molar-refractivity contribution in [1.29, 1.82) is 0 Å². The summed E-state index contributed by atoms with van der Waals surface area (Å²) in [5, 5.41) is 14.5. The van der Waals surface area contributed by atoms with Gasteiger partial charge in [-0.25, -0.2) is 0 Å². The molecule has 13 atom stereocenters. The van der Waals surface area contributed by atoms with E-state index in [1.54, 1.807) is 0 Å². The van der Waals surface area contributed by atoms with Crippen molar-refractivity contribution in [2.45, 2.75) is 84.3 Å². The van der Waals surface area contributed by atoms with Crippen LogP contribution in [0.1, 0.15) is 59.9 Å². The molecule has 4 fully saturated rings. The van der Waals surface area contributed by atoms with E-state index in [1.165, 1.54) is 16.7 Å². The molecule has 40 heavy (non-hydrogen) atoms. The van der Waals surface area contributed by atoms with Gasteiger partial charge in [0.1, 0.15) is 11.9 Å². The number of Topliss-reactive ketones (excluding diaryl/α,β-unsaturated/α-hetero) is 1. The van der Waals surface area contributed by atoms with Crippen LogP contribution in [0.5, 0.6) is 5.75 Å². The van der Waals surface area contributed by atoms with Crippen LogP contribution in [0, 0.1) is 52.8 Å². The third-order valence-electron chi connectivity index (χ3n) is 12.4. The van der Waals surface area contributed by atoms with Gasteiger partial charge in [-0.3, -0.25) is 9.59 Å². The summed E-state index contributed by atoms with van der Waals surface area (Å²) in [5.74, 6) is 1.88. The second-order valence-electron chi connectivity index (χ2n) is 14.7. The van der Waals surface area contributed by atoms with E-state index in [0.29, 0.717) is 23.7 Å². The summed E-state index contributed by atoms with van der Waals surface area (Å²) in [6.07, 6.45) is 3.74. The minimum absolute atomic E-state index is 0.0838. The summed E-state index contributed by atoms with van der Waals surface area (Å²) in [7, 11) is 0. The smallest absolute Gasteiger partial charge is 0.265 e. The maximum absolute atomic E-state index is 15.1. The second kappa shape index (κ2) is 7.69. The van der Waals surface area contributed by atoms with Crippen molar-refractivity contribution >= 4 is 11.7 Å². The molecule has 2 saturated heterocycles. The zero-order valence-corrected chi connectivity index (χ0v) is 24.4. The Morgan fingerprint density at radius 1 is 1.02 bits per heavy atom. The lowest BCUT2D eigenvalue weighted by atomic mass is 9.53. The molecule has 8 aliphatic rings. The summed E-state index contributed by atoms with van der Waals surface area (Å²) in [6.45, 7) is 13.7. The van der Waals surface area contributed by atoms with Crippen molar-refractivity contribution in [3.63, 3.8) is 0 Å². The molecule has 1 aromatic carbocycles. The first-order valence-electron chi connectivity index (χ1n) is 15.3. The molecule has 0 spiro atoms. The van der Waals surface area contributed by atoms with E-state index in [-0.39, 0.29) is 36.1 Å². The molecule has 13 unspecified atom stereocenters. The topological polar surface area (TPSA) is 88.2 Å². The number of hydrogen-bond donors (Lipinski definition) is 2. The van der Waals surface area contributed by atoms with Gasteiger partial charge in [0.15, 0.2) is 17.6 Å². The molecule has 2 saturated carbocycles. The predicted molar refractivity (Wildman–Crippen MR) is 149 cm³/mol. The molecule has 4 heterocycles. The normalized spacial score (nSPS) is 51.8. The second-order valence-corrected chi connectivity index (χ2v) is 14.7. The van der Waals surface area contributed by atoms with Gasteiger partial charge >= 0.3 is 0 Å². The van der Waals surface area contributed by atoms with E-state index >= 15 is 4.79 Å². The Bertz CT molecular complexity index is 1410. The van der Waals surface area contributed by atoms with Crippen molar-refractivity contribution < 1.29 is 24.2 Å². The van der Waals surface area contributed by atoms with Gasteiger partial charge in [0.25, 0.3) is 5.91 Å². The highest BCUT2D eigenvalue weighted by Gasteiger charge is 2.83. The average molecular weight is 544 g/mol. The Morgan fingerprint density at radius 2 is 1.75 bits per heavy atom. The van der Waals surface area contributed by atoms with Crippen LogP contribution < -0.4 is 10.1 Å². The first-order valence-corrected chi connectivity index (χ1v) is 15.3. The van der Waals surface area contributed by atoms with Crippen LogP contribution >= 0.6 is 0 Å². The summed E-state index contributed by atoms with van der Waals surface area (Å²) in [5.41, 5.74) is 1.13. The van der Waals surface area contributed by atoms with Crippen LogP contribution in [0.4, 0.5) is 0 Å². The van der Waals surface area contributed by atoms with E-state index in [2.05, 4.69) is 52.9 Å². The molecule has 1 aromatic rings. The van der Waals surface area contributed by atoms with Crippen molar-refractivity contribution in [1.82, 2.24) is 5.32 Å². The molecule has 2 N–H and O–H groups in total. The summed E-state index contributed by atoms with van der Waals surface area (Å²) in [6, 6.07) is 7.91. The number of morpholine rings is 1. The molecule has 6 heteroatoms. The molecule has 212 valence electrons. The first kappa shape index (κ1) is 25.3. The third-order valence-corrected chi connectivity index (χ3v) is 12.4. The SMILES string of the molecule is CC1=CC2(C)C(=C(C)C3C4CC(C)CC(C)C4C4Oc5ccc(cc5)CC5(O)NC(=O)C6(OC56)C(=O)C2C43)C1C. The van der Waals surface area contributed by atoms with Gasteiger partial charge < -0.3 is 19.9 Å². The van der Waals surface area contributed by atoms with E-state index in [1.807, 2.05) is 24.3 Å². The van der Waals surface area contributed by atoms with Crippen molar-refractivity contribution in [3.05, 3.63) is 52.6 Å².